The minimum Gasteiger partial charge on any atom is -0.454 e. The molecule has 178 valence electrons. The number of aromatic nitrogens is 3. The van der Waals surface area contributed by atoms with E-state index >= 15 is 0 Å². The van der Waals surface area contributed by atoms with E-state index in [0.717, 1.165) is 59.3 Å². The van der Waals surface area contributed by atoms with Crippen LogP contribution in [-0.4, -0.2) is 63.3 Å². The number of amides is 1. The van der Waals surface area contributed by atoms with Crippen LogP contribution in [-0.2, 0) is 6.54 Å². The second-order valence-corrected chi connectivity index (χ2v) is 9.08. The van der Waals surface area contributed by atoms with Crippen molar-refractivity contribution in [3.8, 4) is 22.6 Å². The standard InChI is InChI=1S/C27H27N5O3/c1-18-25(21-6-4-3-5-7-21)26-28-15-22(19(2)32(26)29-18)27(33)31-12-10-30(11-13-31)16-20-8-9-23-24(14-20)35-17-34-23/h3-9,14-15H,10-13,16-17H2,1-2H3. The Balaban J connectivity index is 1.17. The molecule has 2 aromatic heterocycles. The molecule has 0 aliphatic carbocycles. The van der Waals surface area contributed by atoms with Gasteiger partial charge >= 0.3 is 0 Å². The summed E-state index contributed by atoms with van der Waals surface area (Å²) < 4.78 is 12.7. The van der Waals surface area contributed by atoms with Gasteiger partial charge in [0.2, 0.25) is 6.79 Å². The summed E-state index contributed by atoms with van der Waals surface area (Å²) >= 11 is 0. The summed E-state index contributed by atoms with van der Waals surface area (Å²) in [5, 5.41) is 4.72. The molecule has 8 nitrogen and oxygen atoms in total. The number of nitrogens with zero attached hydrogens (tertiary/aromatic N) is 5. The van der Waals surface area contributed by atoms with Crippen LogP contribution in [0.2, 0.25) is 0 Å². The van der Waals surface area contributed by atoms with Gasteiger partial charge in [-0.3, -0.25) is 9.69 Å². The summed E-state index contributed by atoms with van der Waals surface area (Å²) in [6.07, 6.45) is 1.71. The molecule has 8 heteroatoms. The Hall–Kier alpha value is -3.91. The summed E-state index contributed by atoms with van der Waals surface area (Å²) in [7, 11) is 0. The summed E-state index contributed by atoms with van der Waals surface area (Å²) in [6, 6.07) is 16.2. The molecule has 2 aliphatic rings. The Morgan fingerprint density at radius 3 is 2.54 bits per heavy atom. The number of hydrogen-bond donors (Lipinski definition) is 0. The van der Waals surface area contributed by atoms with Crippen molar-refractivity contribution < 1.29 is 14.3 Å². The van der Waals surface area contributed by atoms with Crippen LogP contribution < -0.4 is 9.47 Å². The van der Waals surface area contributed by atoms with Crippen molar-refractivity contribution in [3.63, 3.8) is 0 Å². The van der Waals surface area contributed by atoms with Gasteiger partial charge in [-0.2, -0.15) is 5.10 Å². The summed E-state index contributed by atoms with van der Waals surface area (Å²) in [4.78, 5) is 22.4. The van der Waals surface area contributed by atoms with Crippen molar-refractivity contribution in [1.82, 2.24) is 24.4 Å². The number of hydrogen-bond acceptors (Lipinski definition) is 6. The zero-order valence-electron chi connectivity index (χ0n) is 19.9. The lowest BCUT2D eigenvalue weighted by Gasteiger charge is -2.35. The van der Waals surface area contributed by atoms with Crippen molar-refractivity contribution in [2.45, 2.75) is 20.4 Å². The second-order valence-electron chi connectivity index (χ2n) is 9.08. The van der Waals surface area contributed by atoms with E-state index in [4.69, 9.17) is 14.6 Å². The van der Waals surface area contributed by atoms with Gasteiger partial charge in [-0.25, -0.2) is 9.50 Å². The third-order valence-electron chi connectivity index (χ3n) is 6.85. The van der Waals surface area contributed by atoms with E-state index in [1.54, 1.807) is 10.7 Å². The van der Waals surface area contributed by atoms with E-state index in [-0.39, 0.29) is 12.7 Å². The lowest BCUT2D eigenvalue weighted by atomic mass is 10.1. The molecule has 2 aliphatic heterocycles. The van der Waals surface area contributed by atoms with Gasteiger partial charge < -0.3 is 14.4 Å². The van der Waals surface area contributed by atoms with Gasteiger partial charge in [0.15, 0.2) is 17.1 Å². The van der Waals surface area contributed by atoms with Crippen LogP contribution in [0.1, 0.15) is 27.3 Å². The molecule has 1 saturated heterocycles. The number of ether oxygens (including phenoxy) is 2. The normalized spacial score (nSPS) is 15.7. The van der Waals surface area contributed by atoms with Gasteiger partial charge in [0.05, 0.1) is 17.0 Å². The molecule has 2 aromatic carbocycles. The topological polar surface area (TPSA) is 72.2 Å². The van der Waals surface area contributed by atoms with Gasteiger partial charge in [0.25, 0.3) is 5.91 Å². The zero-order valence-corrected chi connectivity index (χ0v) is 19.9. The summed E-state index contributed by atoms with van der Waals surface area (Å²) in [5.41, 5.74) is 6.35. The Bertz CT molecular complexity index is 1410. The fourth-order valence-corrected chi connectivity index (χ4v) is 4.93. The van der Waals surface area contributed by atoms with Crippen LogP contribution in [0.15, 0.2) is 54.7 Å². The largest absolute Gasteiger partial charge is 0.454 e. The number of benzene rings is 2. The van der Waals surface area contributed by atoms with Gasteiger partial charge in [-0.1, -0.05) is 36.4 Å². The number of carbonyl (C=O) groups excluding carboxylic acids is 1. The molecule has 4 aromatic rings. The minimum atomic E-state index is 0.00837. The molecule has 35 heavy (non-hydrogen) atoms. The van der Waals surface area contributed by atoms with Gasteiger partial charge in [-0.15, -0.1) is 0 Å². The third kappa shape index (κ3) is 3.89. The SMILES string of the molecule is Cc1nn2c(C)c(C(=O)N3CCN(Cc4ccc5c(c4)OCO5)CC3)cnc2c1-c1ccccc1. The Labute approximate surface area is 203 Å². The lowest BCUT2D eigenvalue weighted by Crippen LogP contribution is -2.48. The fourth-order valence-electron chi connectivity index (χ4n) is 4.93. The molecule has 0 saturated carbocycles. The average molecular weight is 470 g/mol. The van der Waals surface area contributed by atoms with Crippen molar-refractivity contribution in [2.24, 2.45) is 0 Å². The molecule has 0 atom stereocenters. The number of carbonyl (C=O) groups is 1. The molecule has 4 heterocycles. The molecule has 0 radical (unpaired) electrons. The van der Waals surface area contributed by atoms with Gasteiger partial charge in [0.1, 0.15) is 0 Å². The monoisotopic (exact) mass is 469 g/mol. The molecule has 0 bridgehead atoms. The maximum absolute atomic E-state index is 13.4. The zero-order chi connectivity index (χ0) is 23.9. The summed E-state index contributed by atoms with van der Waals surface area (Å²) in [5.74, 6) is 1.61. The van der Waals surface area contributed by atoms with Crippen LogP contribution in [0.4, 0.5) is 0 Å². The predicted octanol–water partition coefficient (Wildman–Crippen LogP) is 3.70. The van der Waals surface area contributed by atoms with Crippen molar-refractivity contribution in [3.05, 3.63) is 77.2 Å². The molecule has 1 fully saturated rings. The van der Waals surface area contributed by atoms with E-state index in [1.165, 1.54) is 5.56 Å². The van der Waals surface area contributed by atoms with E-state index in [1.807, 2.05) is 49.1 Å². The number of fused-ring (bicyclic) bond motifs is 2. The highest BCUT2D eigenvalue weighted by atomic mass is 16.7. The van der Waals surface area contributed by atoms with Crippen LogP contribution in [0.5, 0.6) is 11.5 Å². The van der Waals surface area contributed by atoms with Crippen molar-refractivity contribution in [1.29, 1.82) is 0 Å². The highest BCUT2D eigenvalue weighted by Gasteiger charge is 2.26. The molecule has 0 N–H and O–H groups in total. The highest BCUT2D eigenvalue weighted by molar-refractivity contribution is 5.95. The number of piperazine rings is 1. The molecular weight excluding hydrogens is 442 g/mol. The second kappa shape index (κ2) is 8.70. The average Bonchev–Trinajstić information content (AvgIpc) is 3.48. The minimum absolute atomic E-state index is 0.00837. The van der Waals surface area contributed by atoms with Crippen LogP contribution in [0.3, 0.4) is 0 Å². The lowest BCUT2D eigenvalue weighted by molar-refractivity contribution is 0.0626. The fraction of sp³-hybridized carbons (Fsp3) is 0.296. The predicted molar refractivity (Wildman–Crippen MR) is 132 cm³/mol. The first-order valence-electron chi connectivity index (χ1n) is 11.9. The first-order valence-corrected chi connectivity index (χ1v) is 11.9. The third-order valence-corrected chi connectivity index (χ3v) is 6.85. The maximum atomic E-state index is 13.4. The van der Waals surface area contributed by atoms with Crippen LogP contribution in [0, 0.1) is 13.8 Å². The van der Waals surface area contributed by atoms with Crippen LogP contribution in [0.25, 0.3) is 16.8 Å². The number of rotatable bonds is 4. The molecule has 0 spiro atoms. The molecule has 1 amide bonds. The number of aryl methyl sites for hydroxylation is 2. The summed E-state index contributed by atoms with van der Waals surface area (Å²) in [6.45, 7) is 8.01. The van der Waals surface area contributed by atoms with E-state index in [2.05, 4.69) is 28.1 Å². The maximum Gasteiger partial charge on any atom is 0.257 e. The molecule has 0 unspecified atom stereocenters. The first-order chi connectivity index (χ1) is 17.1. The van der Waals surface area contributed by atoms with E-state index < -0.39 is 0 Å². The van der Waals surface area contributed by atoms with Gasteiger partial charge in [-0.05, 0) is 37.1 Å². The smallest absolute Gasteiger partial charge is 0.257 e. The highest BCUT2D eigenvalue weighted by Crippen LogP contribution is 2.33. The Kier molecular flexibility index (Phi) is 5.37. The van der Waals surface area contributed by atoms with Crippen molar-refractivity contribution in [2.75, 3.05) is 33.0 Å². The Morgan fingerprint density at radius 2 is 1.74 bits per heavy atom. The first kappa shape index (κ1) is 21.6. The van der Waals surface area contributed by atoms with E-state index in [0.29, 0.717) is 18.7 Å². The van der Waals surface area contributed by atoms with Gasteiger partial charge in [0, 0.05) is 44.5 Å². The van der Waals surface area contributed by atoms with E-state index in [9.17, 15) is 4.79 Å². The molecule has 6 rings (SSSR count). The Morgan fingerprint density at radius 1 is 0.971 bits per heavy atom. The van der Waals surface area contributed by atoms with Crippen molar-refractivity contribution >= 4 is 11.6 Å². The van der Waals surface area contributed by atoms with Crippen LogP contribution >= 0.6 is 0 Å². The molecular formula is C27H27N5O3. The quantitative estimate of drug-likeness (QED) is 0.454.